The lowest BCUT2D eigenvalue weighted by atomic mass is 10.2. The lowest BCUT2D eigenvalue weighted by Gasteiger charge is -2.12. The molecular weight excluding hydrogens is 236 g/mol. The molecule has 1 aliphatic carbocycles. The Morgan fingerprint density at radius 1 is 1.71 bits per heavy atom. The normalized spacial score (nSPS) is 23.8. The Morgan fingerprint density at radius 2 is 2.53 bits per heavy atom. The van der Waals surface area contributed by atoms with Gasteiger partial charge in [0.05, 0.1) is 0 Å². The average molecular weight is 254 g/mol. The Bertz CT molecular complexity index is 393. The molecule has 2 rings (SSSR count). The Labute approximate surface area is 105 Å². The first-order valence-electron chi connectivity index (χ1n) is 5.92. The number of carbonyl (C=O) groups is 1. The molecule has 4 N–H and O–H groups in total. The lowest BCUT2D eigenvalue weighted by Crippen LogP contribution is -2.33. The molecule has 1 saturated carbocycles. The standard InChI is InChI=1S/C11H18N4OS/c1-2-17-8-4-3-7(5-8)13-11(16)9-6-10(12)15-14-9/h6-8H,2-5H2,1H3,(H,13,16)(H3,12,14,15). The SMILES string of the molecule is CCSC1CCC(NC(=O)c2cc(N)n[nH]2)C1. The number of nitrogens with two attached hydrogens (primary N) is 1. The second-order valence-corrected chi connectivity index (χ2v) is 5.84. The third-order valence-corrected chi connectivity index (χ3v) is 4.20. The summed E-state index contributed by atoms with van der Waals surface area (Å²) in [5.74, 6) is 1.38. The first-order chi connectivity index (χ1) is 8.19. The first kappa shape index (κ1) is 12.3. The van der Waals surface area contributed by atoms with Crippen molar-refractivity contribution in [3.8, 4) is 0 Å². The number of carbonyl (C=O) groups excluding carboxylic acids is 1. The van der Waals surface area contributed by atoms with E-state index >= 15 is 0 Å². The molecule has 1 amide bonds. The molecule has 0 radical (unpaired) electrons. The maximum atomic E-state index is 11.8. The van der Waals surface area contributed by atoms with E-state index in [0.29, 0.717) is 16.8 Å². The third kappa shape index (κ3) is 3.15. The Kier molecular flexibility index (Phi) is 3.93. The summed E-state index contributed by atoms with van der Waals surface area (Å²) in [5, 5.41) is 10.1. The fourth-order valence-corrected chi connectivity index (χ4v) is 3.32. The van der Waals surface area contributed by atoms with Crippen LogP contribution in [0.2, 0.25) is 0 Å². The fourth-order valence-electron chi connectivity index (χ4n) is 2.17. The number of thioether (sulfide) groups is 1. The molecule has 0 aromatic carbocycles. The molecule has 1 aliphatic rings. The predicted octanol–water partition coefficient (Wildman–Crippen LogP) is 1.40. The van der Waals surface area contributed by atoms with Gasteiger partial charge < -0.3 is 11.1 Å². The number of anilines is 1. The van der Waals surface area contributed by atoms with E-state index in [1.807, 2.05) is 11.8 Å². The van der Waals surface area contributed by atoms with Crippen molar-refractivity contribution in [1.82, 2.24) is 15.5 Å². The molecular formula is C11H18N4OS. The minimum absolute atomic E-state index is 0.110. The highest BCUT2D eigenvalue weighted by atomic mass is 32.2. The van der Waals surface area contributed by atoms with Gasteiger partial charge in [0.25, 0.3) is 5.91 Å². The quantitative estimate of drug-likeness (QED) is 0.758. The van der Waals surface area contributed by atoms with Gasteiger partial charge in [-0.1, -0.05) is 6.92 Å². The van der Waals surface area contributed by atoms with Crippen molar-refractivity contribution < 1.29 is 4.79 Å². The molecule has 1 heterocycles. The maximum Gasteiger partial charge on any atom is 0.269 e. The number of nitrogen functional groups attached to an aromatic ring is 1. The molecule has 2 atom stereocenters. The third-order valence-electron chi connectivity index (χ3n) is 2.96. The van der Waals surface area contributed by atoms with Crippen LogP contribution in [0.1, 0.15) is 36.7 Å². The lowest BCUT2D eigenvalue weighted by molar-refractivity contribution is 0.0933. The Balaban J connectivity index is 1.84. The molecule has 94 valence electrons. The molecule has 0 bridgehead atoms. The first-order valence-corrected chi connectivity index (χ1v) is 6.97. The summed E-state index contributed by atoms with van der Waals surface area (Å²) in [4.78, 5) is 11.8. The summed E-state index contributed by atoms with van der Waals surface area (Å²) in [6.45, 7) is 2.17. The summed E-state index contributed by atoms with van der Waals surface area (Å²) in [6, 6.07) is 1.85. The monoisotopic (exact) mass is 254 g/mol. The molecule has 0 saturated heterocycles. The van der Waals surface area contributed by atoms with Crippen molar-refractivity contribution in [2.24, 2.45) is 0 Å². The molecule has 5 nitrogen and oxygen atoms in total. The Hall–Kier alpha value is -1.17. The van der Waals surface area contributed by atoms with Gasteiger partial charge in [-0.15, -0.1) is 0 Å². The number of nitrogens with zero attached hydrogens (tertiary/aromatic N) is 1. The second-order valence-electron chi connectivity index (χ2n) is 4.27. The number of amides is 1. The zero-order chi connectivity index (χ0) is 12.3. The van der Waals surface area contributed by atoms with Crippen LogP contribution in [-0.2, 0) is 0 Å². The minimum atomic E-state index is -0.110. The highest BCUT2D eigenvalue weighted by molar-refractivity contribution is 7.99. The topological polar surface area (TPSA) is 83.8 Å². The maximum absolute atomic E-state index is 11.8. The number of rotatable bonds is 4. The second kappa shape index (κ2) is 5.44. The van der Waals surface area contributed by atoms with Gasteiger partial charge in [0, 0.05) is 17.4 Å². The number of hydrogen-bond acceptors (Lipinski definition) is 4. The van der Waals surface area contributed by atoms with Gasteiger partial charge in [-0.05, 0) is 25.0 Å². The number of nitrogens with one attached hydrogen (secondary N) is 2. The van der Waals surface area contributed by atoms with Gasteiger partial charge in [-0.25, -0.2) is 0 Å². The van der Waals surface area contributed by atoms with Gasteiger partial charge in [-0.2, -0.15) is 16.9 Å². The predicted molar refractivity (Wildman–Crippen MR) is 70.0 cm³/mol. The van der Waals surface area contributed by atoms with Gasteiger partial charge in [0.15, 0.2) is 0 Å². The van der Waals surface area contributed by atoms with E-state index in [1.54, 1.807) is 6.07 Å². The zero-order valence-corrected chi connectivity index (χ0v) is 10.7. The van der Waals surface area contributed by atoms with Crippen LogP contribution in [0.3, 0.4) is 0 Å². The van der Waals surface area contributed by atoms with Crippen LogP contribution < -0.4 is 11.1 Å². The van der Waals surface area contributed by atoms with E-state index < -0.39 is 0 Å². The van der Waals surface area contributed by atoms with Crippen LogP contribution in [0.4, 0.5) is 5.82 Å². The van der Waals surface area contributed by atoms with Crippen molar-refractivity contribution >= 4 is 23.5 Å². The van der Waals surface area contributed by atoms with Crippen LogP contribution >= 0.6 is 11.8 Å². The van der Waals surface area contributed by atoms with Gasteiger partial charge in [0.2, 0.25) is 0 Å². The number of H-pyrrole nitrogens is 1. The molecule has 1 aromatic rings. The number of aromatic nitrogens is 2. The van der Waals surface area contributed by atoms with E-state index in [2.05, 4.69) is 22.4 Å². The number of hydrogen-bond donors (Lipinski definition) is 3. The van der Waals surface area contributed by atoms with Crippen molar-refractivity contribution in [2.75, 3.05) is 11.5 Å². The summed E-state index contributed by atoms with van der Waals surface area (Å²) < 4.78 is 0. The highest BCUT2D eigenvalue weighted by Gasteiger charge is 2.26. The zero-order valence-electron chi connectivity index (χ0n) is 9.90. The van der Waals surface area contributed by atoms with E-state index in [-0.39, 0.29) is 11.9 Å². The van der Waals surface area contributed by atoms with E-state index in [0.717, 1.165) is 18.6 Å². The summed E-state index contributed by atoms with van der Waals surface area (Å²) in [6.07, 6.45) is 3.31. The van der Waals surface area contributed by atoms with Crippen LogP contribution in [0, 0.1) is 0 Å². The highest BCUT2D eigenvalue weighted by Crippen LogP contribution is 2.29. The van der Waals surface area contributed by atoms with Crippen LogP contribution in [0.15, 0.2) is 6.07 Å². The van der Waals surface area contributed by atoms with Crippen LogP contribution in [0.5, 0.6) is 0 Å². The van der Waals surface area contributed by atoms with Crippen LogP contribution in [-0.4, -0.2) is 33.1 Å². The molecule has 1 aromatic heterocycles. The Morgan fingerprint density at radius 3 is 3.18 bits per heavy atom. The summed E-state index contributed by atoms with van der Waals surface area (Å²) in [7, 11) is 0. The minimum Gasteiger partial charge on any atom is -0.382 e. The summed E-state index contributed by atoms with van der Waals surface area (Å²) >= 11 is 1.98. The largest absolute Gasteiger partial charge is 0.382 e. The smallest absolute Gasteiger partial charge is 0.269 e. The molecule has 1 fully saturated rings. The number of aromatic amines is 1. The molecule has 17 heavy (non-hydrogen) atoms. The van der Waals surface area contributed by atoms with Gasteiger partial charge in [-0.3, -0.25) is 9.89 Å². The molecule has 2 unspecified atom stereocenters. The van der Waals surface area contributed by atoms with E-state index in [1.165, 1.54) is 6.42 Å². The molecule has 0 spiro atoms. The van der Waals surface area contributed by atoms with Gasteiger partial charge in [0.1, 0.15) is 11.5 Å². The van der Waals surface area contributed by atoms with Crippen molar-refractivity contribution in [1.29, 1.82) is 0 Å². The summed E-state index contributed by atoms with van der Waals surface area (Å²) in [5.41, 5.74) is 5.90. The van der Waals surface area contributed by atoms with Crippen LogP contribution in [0.25, 0.3) is 0 Å². The van der Waals surface area contributed by atoms with Crippen molar-refractivity contribution in [3.63, 3.8) is 0 Å². The molecule has 6 heteroatoms. The fraction of sp³-hybridized carbons (Fsp3) is 0.636. The molecule has 0 aliphatic heterocycles. The van der Waals surface area contributed by atoms with E-state index in [9.17, 15) is 4.79 Å². The van der Waals surface area contributed by atoms with E-state index in [4.69, 9.17) is 5.73 Å². The van der Waals surface area contributed by atoms with Crippen molar-refractivity contribution in [3.05, 3.63) is 11.8 Å². The van der Waals surface area contributed by atoms with Gasteiger partial charge >= 0.3 is 0 Å². The van der Waals surface area contributed by atoms with Crippen molar-refractivity contribution in [2.45, 2.75) is 37.5 Å². The average Bonchev–Trinajstić information content (AvgIpc) is 2.88.